The van der Waals surface area contributed by atoms with E-state index in [1.165, 1.54) is 0 Å². The van der Waals surface area contributed by atoms with Gasteiger partial charge in [0.1, 0.15) is 0 Å². The summed E-state index contributed by atoms with van der Waals surface area (Å²) in [5, 5.41) is 2.57. The van der Waals surface area contributed by atoms with Crippen LogP contribution in [0.4, 0.5) is 0 Å². The smallest absolute Gasteiger partial charge is 0.251 e. The number of nitrogens with one attached hydrogen (secondary N) is 1. The summed E-state index contributed by atoms with van der Waals surface area (Å²) in [5.74, 6) is -0.0661. The molecule has 0 unspecified atom stereocenters. The van der Waals surface area contributed by atoms with Gasteiger partial charge in [-0.15, -0.1) is 0 Å². The lowest BCUT2D eigenvalue weighted by Gasteiger charge is -2.01. The number of nitrogens with zero attached hydrogens (tertiary/aromatic N) is 1. The van der Waals surface area contributed by atoms with Crippen LogP contribution in [0.15, 0.2) is 12.1 Å². The number of aromatic nitrogens is 1. The van der Waals surface area contributed by atoms with Crippen LogP contribution in [0.2, 0.25) is 0 Å². The normalized spacial score (nSPS) is 9.58. The van der Waals surface area contributed by atoms with Crippen molar-refractivity contribution in [3.05, 3.63) is 29.1 Å². The fourth-order valence-electron chi connectivity index (χ4n) is 1.11. The van der Waals surface area contributed by atoms with E-state index in [9.17, 15) is 4.79 Å². The first kappa shape index (κ1) is 8.71. The maximum Gasteiger partial charge on any atom is 0.251 e. The van der Waals surface area contributed by atoms with Gasteiger partial charge in [-0.3, -0.25) is 9.78 Å². The van der Waals surface area contributed by atoms with Gasteiger partial charge >= 0.3 is 0 Å². The van der Waals surface area contributed by atoms with Crippen LogP contribution >= 0.6 is 0 Å². The standard InChI is InChI=1S/C9H12N2O/c1-6-4-8(9(12)10-3)5-7(2)11-6/h4-5H,1-3H3,(H,10,12). The third-order valence-corrected chi connectivity index (χ3v) is 1.57. The topological polar surface area (TPSA) is 42.0 Å². The molecule has 0 radical (unpaired) electrons. The van der Waals surface area contributed by atoms with Crippen LogP contribution in [-0.2, 0) is 0 Å². The number of carbonyl (C=O) groups is 1. The summed E-state index contributed by atoms with van der Waals surface area (Å²) in [7, 11) is 1.62. The van der Waals surface area contributed by atoms with Crippen molar-refractivity contribution in [2.45, 2.75) is 13.8 Å². The fourth-order valence-corrected chi connectivity index (χ4v) is 1.11. The van der Waals surface area contributed by atoms with Gasteiger partial charge < -0.3 is 5.32 Å². The second-order valence-electron chi connectivity index (χ2n) is 2.72. The Labute approximate surface area is 71.8 Å². The quantitative estimate of drug-likeness (QED) is 0.674. The van der Waals surface area contributed by atoms with E-state index in [-0.39, 0.29) is 5.91 Å². The Bertz CT molecular complexity index is 287. The van der Waals surface area contributed by atoms with Gasteiger partial charge in [0.2, 0.25) is 0 Å². The molecule has 3 heteroatoms. The first-order valence-corrected chi connectivity index (χ1v) is 3.81. The van der Waals surface area contributed by atoms with E-state index < -0.39 is 0 Å². The van der Waals surface area contributed by atoms with E-state index in [1.807, 2.05) is 13.8 Å². The molecule has 0 aliphatic carbocycles. The molecule has 0 fully saturated rings. The van der Waals surface area contributed by atoms with Crippen molar-refractivity contribution in [2.75, 3.05) is 7.05 Å². The van der Waals surface area contributed by atoms with Gasteiger partial charge in [-0.05, 0) is 26.0 Å². The van der Waals surface area contributed by atoms with Gasteiger partial charge in [0.05, 0.1) is 0 Å². The molecule has 0 saturated heterocycles. The average Bonchev–Trinajstić information content (AvgIpc) is 2.01. The Morgan fingerprint density at radius 3 is 2.25 bits per heavy atom. The summed E-state index contributed by atoms with van der Waals surface area (Å²) < 4.78 is 0. The minimum atomic E-state index is -0.0661. The van der Waals surface area contributed by atoms with Crippen molar-refractivity contribution in [1.82, 2.24) is 10.3 Å². The number of hydrogen-bond acceptors (Lipinski definition) is 2. The van der Waals surface area contributed by atoms with E-state index in [0.29, 0.717) is 5.56 Å². The van der Waals surface area contributed by atoms with Gasteiger partial charge in [-0.2, -0.15) is 0 Å². The van der Waals surface area contributed by atoms with Gasteiger partial charge in [0, 0.05) is 24.0 Å². The summed E-state index contributed by atoms with van der Waals surface area (Å²) in [4.78, 5) is 15.3. The lowest BCUT2D eigenvalue weighted by atomic mass is 10.2. The molecular formula is C9H12N2O. The zero-order valence-electron chi connectivity index (χ0n) is 7.51. The van der Waals surface area contributed by atoms with E-state index in [2.05, 4.69) is 10.3 Å². The van der Waals surface area contributed by atoms with E-state index in [4.69, 9.17) is 0 Å². The van der Waals surface area contributed by atoms with Crippen LogP contribution in [0.5, 0.6) is 0 Å². The molecule has 0 aromatic carbocycles. The molecule has 0 aliphatic heterocycles. The Kier molecular flexibility index (Phi) is 2.43. The minimum absolute atomic E-state index is 0.0661. The molecule has 1 aromatic heterocycles. The third kappa shape index (κ3) is 1.81. The molecule has 1 rings (SSSR count). The molecule has 1 amide bonds. The Morgan fingerprint density at radius 2 is 1.83 bits per heavy atom. The summed E-state index contributed by atoms with van der Waals surface area (Å²) >= 11 is 0. The summed E-state index contributed by atoms with van der Waals surface area (Å²) in [6.07, 6.45) is 0. The zero-order chi connectivity index (χ0) is 9.14. The zero-order valence-corrected chi connectivity index (χ0v) is 7.51. The molecule has 1 heterocycles. The Balaban J connectivity index is 3.08. The number of hydrogen-bond donors (Lipinski definition) is 1. The van der Waals surface area contributed by atoms with E-state index >= 15 is 0 Å². The number of amides is 1. The van der Waals surface area contributed by atoms with Crippen molar-refractivity contribution in [3.8, 4) is 0 Å². The van der Waals surface area contributed by atoms with Crippen LogP contribution in [0.3, 0.4) is 0 Å². The molecule has 1 aromatic rings. The number of carbonyl (C=O) groups excluding carboxylic acids is 1. The van der Waals surface area contributed by atoms with Crippen molar-refractivity contribution in [2.24, 2.45) is 0 Å². The maximum atomic E-state index is 11.2. The molecule has 0 spiro atoms. The Morgan fingerprint density at radius 1 is 1.33 bits per heavy atom. The molecule has 3 nitrogen and oxygen atoms in total. The number of rotatable bonds is 1. The first-order chi connectivity index (χ1) is 5.63. The molecule has 1 N–H and O–H groups in total. The third-order valence-electron chi connectivity index (χ3n) is 1.57. The average molecular weight is 164 g/mol. The number of pyridine rings is 1. The van der Waals surface area contributed by atoms with Crippen LogP contribution in [0.1, 0.15) is 21.7 Å². The molecule has 0 saturated carbocycles. The van der Waals surface area contributed by atoms with Crippen molar-refractivity contribution in [1.29, 1.82) is 0 Å². The van der Waals surface area contributed by atoms with Crippen LogP contribution in [0, 0.1) is 13.8 Å². The van der Waals surface area contributed by atoms with Gasteiger partial charge in [0.15, 0.2) is 0 Å². The van der Waals surface area contributed by atoms with Crippen LogP contribution in [-0.4, -0.2) is 17.9 Å². The molecular weight excluding hydrogens is 152 g/mol. The summed E-state index contributed by atoms with van der Waals surface area (Å²) in [5.41, 5.74) is 2.41. The van der Waals surface area contributed by atoms with Crippen molar-refractivity contribution in [3.63, 3.8) is 0 Å². The highest BCUT2D eigenvalue weighted by Crippen LogP contribution is 2.04. The highest BCUT2D eigenvalue weighted by atomic mass is 16.1. The predicted octanol–water partition coefficient (Wildman–Crippen LogP) is 1.06. The molecule has 64 valence electrons. The highest BCUT2D eigenvalue weighted by Gasteiger charge is 2.03. The monoisotopic (exact) mass is 164 g/mol. The second-order valence-corrected chi connectivity index (χ2v) is 2.72. The fraction of sp³-hybridized carbons (Fsp3) is 0.333. The predicted molar refractivity (Wildman–Crippen MR) is 47.1 cm³/mol. The molecule has 0 bridgehead atoms. The summed E-state index contributed by atoms with van der Waals surface area (Å²) in [6.45, 7) is 3.75. The number of aryl methyl sites for hydroxylation is 2. The molecule has 12 heavy (non-hydrogen) atoms. The van der Waals surface area contributed by atoms with Gasteiger partial charge in [0.25, 0.3) is 5.91 Å². The largest absolute Gasteiger partial charge is 0.355 e. The second kappa shape index (κ2) is 3.34. The lowest BCUT2D eigenvalue weighted by Crippen LogP contribution is -2.18. The highest BCUT2D eigenvalue weighted by molar-refractivity contribution is 5.94. The Hall–Kier alpha value is -1.38. The maximum absolute atomic E-state index is 11.2. The first-order valence-electron chi connectivity index (χ1n) is 3.81. The van der Waals surface area contributed by atoms with Crippen molar-refractivity contribution >= 4 is 5.91 Å². The lowest BCUT2D eigenvalue weighted by molar-refractivity contribution is 0.0963. The van der Waals surface area contributed by atoms with E-state index in [1.54, 1.807) is 19.2 Å². The molecule has 0 aliphatic rings. The molecule has 0 atom stereocenters. The van der Waals surface area contributed by atoms with Crippen LogP contribution in [0.25, 0.3) is 0 Å². The summed E-state index contributed by atoms with van der Waals surface area (Å²) in [6, 6.07) is 3.54. The van der Waals surface area contributed by atoms with Crippen LogP contribution < -0.4 is 5.32 Å². The van der Waals surface area contributed by atoms with Gasteiger partial charge in [-0.25, -0.2) is 0 Å². The minimum Gasteiger partial charge on any atom is -0.355 e. The SMILES string of the molecule is CNC(=O)c1cc(C)nc(C)c1. The van der Waals surface area contributed by atoms with E-state index in [0.717, 1.165) is 11.4 Å². The van der Waals surface area contributed by atoms with Gasteiger partial charge in [-0.1, -0.05) is 0 Å². The van der Waals surface area contributed by atoms with Crippen molar-refractivity contribution < 1.29 is 4.79 Å².